The van der Waals surface area contributed by atoms with Gasteiger partial charge in [-0.1, -0.05) is 75.5 Å². The zero-order chi connectivity index (χ0) is 34.4. The number of hydrogen-bond acceptors (Lipinski definition) is 7. The van der Waals surface area contributed by atoms with Gasteiger partial charge in [0, 0.05) is 23.0 Å². The number of benzene rings is 3. The fourth-order valence-corrected chi connectivity index (χ4v) is 5.22. The summed E-state index contributed by atoms with van der Waals surface area (Å²) in [6.07, 6.45) is 4.02. The van der Waals surface area contributed by atoms with E-state index in [9.17, 15) is 19.8 Å². The molecular weight excluding hydrogens is 592 g/mol. The molecule has 3 aromatic rings. The summed E-state index contributed by atoms with van der Waals surface area (Å²) in [5.41, 5.74) is 7.89. The van der Waals surface area contributed by atoms with E-state index in [1.165, 1.54) is 11.1 Å². The van der Waals surface area contributed by atoms with Crippen LogP contribution in [0.25, 0.3) is 22.3 Å². The number of hydrogen-bond donors (Lipinski definition) is 2. The molecule has 0 amide bonds. The minimum Gasteiger partial charge on any atom is -0.493 e. The summed E-state index contributed by atoms with van der Waals surface area (Å²) in [4.78, 5) is 23.6. The first-order valence-corrected chi connectivity index (χ1v) is 16.4. The molecule has 0 bridgehead atoms. The molecule has 252 valence electrons. The van der Waals surface area contributed by atoms with Crippen LogP contribution in [0, 0.1) is 5.41 Å². The van der Waals surface area contributed by atoms with Crippen LogP contribution in [0.2, 0.25) is 0 Å². The lowest BCUT2D eigenvalue weighted by Crippen LogP contribution is -2.31. The Morgan fingerprint density at radius 3 is 1.91 bits per heavy atom. The Bertz CT molecular complexity index is 1510. The molecule has 0 spiro atoms. The molecule has 0 unspecified atom stereocenters. The van der Waals surface area contributed by atoms with Crippen LogP contribution in [0.5, 0.6) is 5.75 Å². The van der Waals surface area contributed by atoms with Crippen molar-refractivity contribution in [3.8, 4) is 28.0 Å². The van der Waals surface area contributed by atoms with Gasteiger partial charge in [0.1, 0.15) is 5.75 Å². The van der Waals surface area contributed by atoms with Gasteiger partial charge >= 0.3 is 11.9 Å². The third kappa shape index (κ3) is 10.7. The number of carbonyl (C=O) groups excluding carboxylic acids is 2. The number of aliphatic hydroxyl groups excluding tert-OH is 2. The van der Waals surface area contributed by atoms with Gasteiger partial charge in [-0.3, -0.25) is 0 Å². The maximum absolute atomic E-state index is 12.0. The molecular formula is C40H50O7. The van der Waals surface area contributed by atoms with E-state index in [2.05, 4.69) is 68.6 Å². The van der Waals surface area contributed by atoms with Gasteiger partial charge in [-0.15, -0.1) is 0 Å². The number of aryl methyl sites for hydroxylation is 2. The smallest absolute Gasteiger partial charge is 0.333 e. The lowest BCUT2D eigenvalue weighted by atomic mass is 9.84. The molecule has 7 heteroatoms. The molecule has 0 aliphatic rings. The first-order valence-electron chi connectivity index (χ1n) is 16.4. The van der Waals surface area contributed by atoms with Crippen molar-refractivity contribution in [1.82, 2.24) is 0 Å². The van der Waals surface area contributed by atoms with Crippen molar-refractivity contribution in [2.45, 2.75) is 66.2 Å². The summed E-state index contributed by atoms with van der Waals surface area (Å²) < 4.78 is 16.8. The topological polar surface area (TPSA) is 102 Å². The molecule has 7 nitrogen and oxygen atoms in total. The second-order valence-corrected chi connectivity index (χ2v) is 12.2. The van der Waals surface area contributed by atoms with Crippen LogP contribution < -0.4 is 4.74 Å². The average Bonchev–Trinajstić information content (AvgIpc) is 3.09. The molecule has 0 heterocycles. The van der Waals surface area contributed by atoms with Gasteiger partial charge in [-0.25, -0.2) is 9.59 Å². The van der Waals surface area contributed by atoms with Crippen LogP contribution in [0.4, 0.5) is 0 Å². The molecule has 0 saturated heterocycles. The van der Waals surface area contributed by atoms with Crippen molar-refractivity contribution in [1.29, 1.82) is 0 Å². The van der Waals surface area contributed by atoms with Crippen LogP contribution in [-0.2, 0) is 38.3 Å². The van der Waals surface area contributed by atoms with Crippen molar-refractivity contribution < 1.29 is 34.0 Å². The molecule has 3 aromatic carbocycles. The lowest BCUT2D eigenvalue weighted by molar-refractivity contribution is -0.139. The third-order valence-electron chi connectivity index (χ3n) is 8.60. The number of esters is 2. The van der Waals surface area contributed by atoms with E-state index in [0.717, 1.165) is 47.1 Å². The highest BCUT2D eigenvalue weighted by atomic mass is 16.5. The molecule has 0 aromatic heterocycles. The zero-order valence-corrected chi connectivity index (χ0v) is 28.4. The largest absolute Gasteiger partial charge is 0.493 e. The van der Waals surface area contributed by atoms with E-state index in [1.54, 1.807) is 13.8 Å². The molecule has 47 heavy (non-hydrogen) atoms. The molecule has 0 saturated carbocycles. The van der Waals surface area contributed by atoms with E-state index in [1.807, 2.05) is 19.1 Å². The number of aliphatic hydroxyl groups is 2. The Balaban J connectivity index is 1.79. The molecule has 0 atom stereocenters. The molecule has 3 rings (SSSR count). The summed E-state index contributed by atoms with van der Waals surface area (Å²) in [6, 6.07) is 21.1. The minimum atomic E-state index is -0.587. The Morgan fingerprint density at radius 1 is 0.723 bits per heavy atom. The number of ether oxygens (including phenoxy) is 3. The summed E-state index contributed by atoms with van der Waals surface area (Å²) in [6.45, 7) is 15.3. The van der Waals surface area contributed by atoms with Crippen molar-refractivity contribution >= 4 is 11.9 Å². The van der Waals surface area contributed by atoms with Gasteiger partial charge < -0.3 is 24.4 Å². The quantitative estimate of drug-likeness (QED) is 0.0796. The Morgan fingerprint density at radius 2 is 1.32 bits per heavy atom. The molecule has 0 radical (unpaired) electrons. The fraction of sp³-hybridized carbons (Fsp3) is 0.400. The maximum Gasteiger partial charge on any atom is 0.333 e. The summed E-state index contributed by atoms with van der Waals surface area (Å²) in [5, 5.41) is 19.7. The van der Waals surface area contributed by atoms with Crippen LogP contribution in [-0.4, -0.2) is 55.2 Å². The van der Waals surface area contributed by atoms with Gasteiger partial charge in [0.15, 0.2) is 0 Å². The average molecular weight is 643 g/mol. The van der Waals surface area contributed by atoms with Crippen molar-refractivity contribution in [2.75, 3.05) is 33.0 Å². The zero-order valence-electron chi connectivity index (χ0n) is 28.4. The van der Waals surface area contributed by atoms with Gasteiger partial charge in [0.2, 0.25) is 0 Å². The van der Waals surface area contributed by atoms with E-state index >= 15 is 0 Å². The van der Waals surface area contributed by atoms with Crippen LogP contribution >= 0.6 is 0 Å². The van der Waals surface area contributed by atoms with E-state index in [-0.39, 0.29) is 25.8 Å². The predicted molar refractivity (Wildman–Crippen MR) is 187 cm³/mol. The van der Waals surface area contributed by atoms with E-state index in [4.69, 9.17) is 14.2 Å². The number of rotatable bonds is 19. The Kier molecular flexibility index (Phi) is 14.4. The van der Waals surface area contributed by atoms with Crippen LogP contribution in [0.1, 0.15) is 63.6 Å². The lowest BCUT2D eigenvalue weighted by Gasteiger charge is -2.28. The maximum atomic E-state index is 12.0. The van der Waals surface area contributed by atoms with Crippen LogP contribution in [0.15, 0.2) is 85.0 Å². The monoisotopic (exact) mass is 642 g/mol. The van der Waals surface area contributed by atoms with Crippen LogP contribution in [0.3, 0.4) is 0 Å². The molecule has 0 aliphatic heterocycles. The SMILES string of the molecule is C=C(C)C(=O)OCCCc1ccc(-c2ccc(-c3ccc(OCCC(CC)(CO)CO)c(CCOC(=O)C(=C)C)c3)c(CC)c2)cc1. The fourth-order valence-electron chi connectivity index (χ4n) is 5.22. The summed E-state index contributed by atoms with van der Waals surface area (Å²) in [5.74, 6) is -0.0934. The number of carbonyl (C=O) groups is 2. The van der Waals surface area contributed by atoms with Gasteiger partial charge in [0.25, 0.3) is 0 Å². The van der Waals surface area contributed by atoms with Gasteiger partial charge in [0.05, 0.1) is 33.0 Å². The van der Waals surface area contributed by atoms with Gasteiger partial charge in [-0.2, -0.15) is 0 Å². The van der Waals surface area contributed by atoms with Crippen molar-refractivity contribution in [2.24, 2.45) is 5.41 Å². The minimum absolute atomic E-state index is 0.110. The molecule has 2 N–H and O–H groups in total. The standard InChI is InChI=1S/C40H50O7/c1-7-31-24-33(32-13-11-30(12-14-32)10-9-21-46-38(43)28(3)4)15-17-36(31)34-16-18-37(45-23-20-40(8-2,26-41)27-42)35(25-34)19-22-47-39(44)29(5)6/h11-18,24-25,41-42H,3,5,7-10,19-23,26-27H2,1-2,4,6H3. The summed E-state index contributed by atoms with van der Waals surface area (Å²) >= 11 is 0. The highest BCUT2D eigenvalue weighted by Gasteiger charge is 2.26. The van der Waals surface area contributed by atoms with Gasteiger partial charge in [-0.05, 0) is 97.0 Å². The highest BCUT2D eigenvalue weighted by molar-refractivity contribution is 5.87. The normalized spacial score (nSPS) is 11.2. The second-order valence-electron chi connectivity index (χ2n) is 12.2. The molecule has 0 aliphatic carbocycles. The third-order valence-corrected chi connectivity index (χ3v) is 8.60. The predicted octanol–water partition coefficient (Wildman–Crippen LogP) is 7.45. The second kappa shape index (κ2) is 18.2. The highest BCUT2D eigenvalue weighted by Crippen LogP contribution is 2.34. The first kappa shape index (κ1) is 37.3. The van der Waals surface area contributed by atoms with E-state index < -0.39 is 11.4 Å². The Hall–Kier alpha value is -4.20. The Labute approximate surface area is 279 Å². The van der Waals surface area contributed by atoms with Crippen molar-refractivity contribution in [3.63, 3.8) is 0 Å². The summed E-state index contributed by atoms with van der Waals surface area (Å²) in [7, 11) is 0. The van der Waals surface area contributed by atoms with E-state index in [0.29, 0.717) is 49.4 Å². The van der Waals surface area contributed by atoms with Crippen molar-refractivity contribution in [3.05, 3.63) is 102 Å². The first-order chi connectivity index (χ1) is 22.6. The molecule has 0 fully saturated rings.